The SMILES string of the molecule is CCC(CC)C(=O)N1CCC(c2nc3c(nnn3Cc3ccc(Cl)cc3Cl)c(=O)[nH]2)CC1. The van der Waals surface area contributed by atoms with Gasteiger partial charge in [-0.1, -0.05) is 48.3 Å². The van der Waals surface area contributed by atoms with Crippen molar-refractivity contribution in [3.8, 4) is 0 Å². The Kier molecular flexibility index (Phi) is 6.81. The number of hydrogen-bond acceptors (Lipinski definition) is 5. The van der Waals surface area contributed by atoms with E-state index in [1.165, 1.54) is 0 Å². The van der Waals surface area contributed by atoms with Gasteiger partial charge in [0.1, 0.15) is 5.82 Å². The molecule has 1 fully saturated rings. The van der Waals surface area contributed by atoms with Gasteiger partial charge in [0.25, 0.3) is 5.56 Å². The fraction of sp³-hybridized carbons (Fsp3) is 0.500. The number of carbonyl (C=O) groups is 1. The van der Waals surface area contributed by atoms with Crippen LogP contribution in [0, 0.1) is 5.92 Å². The number of piperidine rings is 1. The largest absolute Gasteiger partial charge is 0.342 e. The Morgan fingerprint density at radius 1 is 1.22 bits per heavy atom. The molecule has 1 amide bonds. The Morgan fingerprint density at radius 3 is 2.59 bits per heavy atom. The van der Waals surface area contributed by atoms with Crippen molar-refractivity contribution >= 4 is 40.3 Å². The van der Waals surface area contributed by atoms with Crippen LogP contribution < -0.4 is 5.56 Å². The number of halogens is 2. The van der Waals surface area contributed by atoms with Gasteiger partial charge in [0, 0.05) is 35.0 Å². The molecule has 1 aliphatic rings. The highest BCUT2D eigenvalue weighted by Gasteiger charge is 2.29. The minimum Gasteiger partial charge on any atom is -0.342 e. The normalized spacial score (nSPS) is 15.1. The van der Waals surface area contributed by atoms with E-state index in [1.807, 2.05) is 11.0 Å². The van der Waals surface area contributed by atoms with Crippen LogP contribution in [0.15, 0.2) is 23.0 Å². The maximum atomic E-state index is 12.7. The van der Waals surface area contributed by atoms with Crippen LogP contribution in [-0.4, -0.2) is 48.9 Å². The third kappa shape index (κ3) is 4.52. The second-order valence-electron chi connectivity index (χ2n) is 8.22. The van der Waals surface area contributed by atoms with E-state index in [2.05, 4.69) is 29.1 Å². The van der Waals surface area contributed by atoms with Crippen LogP contribution in [0.3, 0.4) is 0 Å². The Bertz CT molecular complexity index is 1180. The molecule has 32 heavy (non-hydrogen) atoms. The molecule has 0 bridgehead atoms. The molecule has 0 saturated carbocycles. The summed E-state index contributed by atoms with van der Waals surface area (Å²) in [5.74, 6) is 0.997. The van der Waals surface area contributed by atoms with Gasteiger partial charge in [0.05, 0.1) is 6.54 Å². The summed E-state index contributed by atoms with van der Waals surface area (Å²) in [6.45, 7) is 5.76. The number of aromatic nitrogens is 5. The summed E-state index contributed by atoms with van der Waals surface area (Å²) in [6, 6.07) is 5.24. The summed E-state index contributed by atoms with van der Waals surface area (Å²) in [5, 5.41) is 9.18. The number of carbonyl (C=O) groups excluding carboxylic acids is 1. The number of nitrogens with one attached hydrogen (secondary N) is 1. The molecule has 0 atom stereocenters. The first-order valence-electron chi connectivity index (χ1n) is 11.0. The third-order valence-electron chi connectivity index (χ3n) is 6.26. The predicted octanol–water partition coefficient (Wildman–Crippen LogP) is 4.01. The fourth-order valence-electron chi connectivity index (χ4n) is 4.26. The summed E-state index contributed by atoms with van der Waals surface area (Å²) in [5.41, 5.74) is 1.11. The molecule has 0 radical (unpaired) electrons. The van der Waals surface area contributed by atoms with Crippen LogP contribution >= 0.6 is 23.2 Å². The van der Waals surface area contributed by atoms with E-state index in [0.29, 0.717) is 41.2 Å². The second-order valence-corrected chi connectivity index (χ2v) is 9.06. The molecule has 0 unspecified atom stereocenters. The Morgan fingerprint density at radius 2 is 1.94 bits per heavy atom. The topological polar surface area (TPSA) is 96.8 Å². The number of hydrogen-bond donors (Lipinski definition) is 1. The van der Waals surface area contributed by atoms with Gasteiger partial charge in [-0.05, 0) is 43.4 Å². The molecule has 170 valence electrons. The van der Waals surface area contributed by atoms with Crippen molar-refractivity contribution in [3.05, 3.63) is 50.0 Å². The second kappa shape index (κ2) is 9.58. The molecular formula is C22H26Cl2N6O2. The molecule has 10 heteroatoms. The van der Waals surface area contributed by atoms with E-state index < -0.39 is 0 Å². The number of H-pyrrole nitrogens is 1. The maximum absolute atomic E-state index is 12.7. The van der Waals surface area contributed by atoms with E-state index >= 15 is 0 Å². The average Bonchev–Trinajstić information content (AvgIpc) is 3.20. The average molecular weight is 477 g/mol. The molecule has 0 spiro atoms. The van der Waals surface area contributed by atoms with Crippen molar-refractivity contribution in [2.24, 2.45) is 5.92 Å². The lowest BCUT2D eigenvalue weighted by Gasteiger charge is -2.33. The summed E-state index contributed by atoms with van der Waals surface area (Å²) < 4.78 is 1.58. The molecule has 0 aliphatic carbocycles. The third-order valence-corrected chi connectivity index (χ3v) is 6.84. The lowest BCUT2D eigenvalue weighted by Crippen LogP contribution is -2.41. The summed E-state index contributed by atoms with van der Waals surface area (Å²) >= 11 is 12.3. The first-order chi connectivity index (χ1) is 15.4. The highest BCUT2D eigenvalue weighted by atomic mass is 35.5. The van der Waals surface area contributed by atoms with Gasteiger partial charge in [-0.15, -0.1) is 5.10 Å². The molecule has 1 N–H and O–H groups in total. The van der Waals surface area contributed by atoms with Crippen LogP contribution in [-0.2, 0) is 11.3 Å². The minimum absolute atomic E-state index is 0.0697. The Hall–Kier alpha value is -2.45. The molecule has 8 nitrogen and oxygen atoms in total. The molecule has 1 aliphatic heterocycles. The van der Waals surface area contributed by atoms with Crippen LogP contribution in [0.2, 0.25) is 10.0 Å². The monoisotopic (exact) mass is 476 g/mol. The van der Waals surface area contributed by atoms with Crippen molar-refractivity contribution in [2.45, 2.75) is 52.0 Å². The van der Waals surface area contributed by atoms with Crippen molar-refractivity contribution in [1.29, 1.82) is 0 Å². The van der Waals surface area contributed by atoms with Crippen LogP contribution in [0.1, 0.15) is 56.8 Å². The van der Waals surface area contributed by atoms with Crippen molar-refractivity contribution in [2.75, 3.05) is 13.1 Å². The smallest absolute Gasteiger partial charge is 0.281 e. The van der Waals surface area contributed by atoms with Gasteiger partial charge < -0.3 is 9.88 Å². The zero-order chi connectivity index (χ0) is 22.8. The Balaban J connectivity index is 1.55. The lowest BCUT2D eigenvalue weighted by atomic mass is 9.93. The molecule has 1 aromatic carbocycles. The summed E-state index contributed by atoms with van der Waals surface area (Å²) in [6.07, 6.45) is 3.22. The van der Waals surface area contributed by atoms with Crippen LogP contribution in [0.4, 0.5) is 0 Å². The number of aromatic amines is 1. The standard InChI is InChI=1S/C22H26Cl2N6O2/c1-3-13(4-2)22(32)29-9-7-14(8-10-29)19-25-20-18(21(31)26-19)27-28-30(20)12-15-5-6-16(23)11-17(15)24/h5-6,11,13-14H,3-4,7-10,12H2,1-2H3,(H,25,26,31). The lowest BCUT2D eigenvalue weighted by molar-refractivity contribution is -0.136. The summed E-state index contributed by atoms with van der Waals surface area (Å²) in [4.78, 5) is 34.8. The maximum Gasteiger partial charge on any atom is 0.281 e. The van der Waals surface area contributed by atoms with Crippen LogP contribution in [0.25, 0.3) is 11.2 Å². The van der Waals surface area contributed by atoms with Gasteiger partial charge in [0.2, 0.25) is 5.91 Å². The van der Waals surface area contributed by atoms with E-state index in [0.717, 1.165) is 31.2 Å². The molecular weight excluding hydrogens is 451 g/mol. The fourth-order valence-corrected chi connectivity index (χ4v) is 4.73. The number of benzene rings is 1. The van der Waals surface area contributed by atoms with Gasteiger partial charge >= 0.3 is 0 Å². The highest BCUT2D eigenvalue weighted by Crippen LogP contribution is 2.28. The first kappa shape index (κ1) is 22.7. The zero-order valence-corrected chi connectivity index (χ0v) is 19.7. The van der Waals surface area contributed by atoms with Gasteiger partial charge in [-0.25, -0.2) is 9.67 Å². The van der Waals surface area contributed by atoms with Gasteiger partial charge in [-0.2, -0.15) is 0 Å². The van der Waals surface area contributed by atoms with Gasteiger partial charge in [-0.3, -0.25) is 9.59 Å². The molecule has 2 aromatic heterocycles. The number of rotatable bonds is 6. The van der Waals surface area contributed by atoms with E-state index in [9.17, 15) is 9.59 Å². The minimum atomic E-state index is -0.311. The summed E-state index contributed by atoms with van der Waals surface area (Å²) in [7, 11) is 0. The van der Waals surface area contributed by atoms with Crippen LogP contribution in [0.5, 0.6) is 0 Å². The molecule has 3 heterocycles. The number of likely N-dealkylation sites (tertiary alicyclic amines) is 1. The Labute approximate surface area is 195 Å². The number of fused-ring (bicyclic) bond motifs is 1. The molecule has 4 rings (SSSR count). The van der Waals surface area contributed by atoms with E-state index in [-0.39, 0.29) is 28.8 Å². The molecule has 1 saturated heterocycles. The van der Waals surface area contributed by atoms with Crippen molar-refractivity contribution in [1.82, 2.24) is 29.9 Å². The molecule has 3 aromatic rings. The van der Waals surface area contributed by atoms with Crippen molar-refractivity contribution < 1.29 is 4.79 Å². The number of nitrogens with zero attached hydrogens (tertiary/aromatic N) is 5. The van der Waals surface area contributed by atoms with E-state index in [1.54, 1.807) is 16.8 Å². The highest BCUT2D eigenvalue weighted by molar-refractivity contribution is 6.35. The van der Waals surface area contributed by atoms with Crippen molar-refractivity contribution in [3.63, 3.8) is 0 Å². The van der Waals surface area contributed by atoms with E-state index in [4.69, 9.17) is 28.2 Å². The zero-order valence-electron chi connectivity index (χ0n) is 18.1. The first-order valence-corrected chi connectivity index (χ1v) is 11.7. The predicted molar refractivity (Wildman–Crippen MR) is 124 cm³/mol. The van der Waals surface area contributed by atoms with Gasteiger partial charge in [0.15, 0.2) is 11.2 Å². The quantitative estimate of drug-likeness (QED) is 0.579. The number of amides is 1.